The lowest BCUT2D eigenvalue weighted by atomic mass is 10.0. The summed E-state index contributed by atoms with van der Waals surface area (Å²) in [7, 11) is -9.21. The van der Waals surface area contributed by atoms with E-state index in [2.05, 4.69) is 5.10 Å². The third-order valence-electron chi connectivity index (χ3n) is 6.96. The van der Waals surface area contributed by atoms with E-state index in [1.165, 1.54) is 48.5 Å². The largest absolute Gasteiger partial charge is 0.492 e. The third kappa shape index (κ3) is 5.90. The number of aryl methyl sites for hydroxylation is 1. The minimum atomic E-state index is -4.66. The second-order valence-electron chi connectivity index (χ2n) is 9.71. The highest BCUT2D eigenvalue weighted by Gasteiger charge is 2.22. The Bertz CT molecular complexity index is 2210. The minimum Gasteiger partial charge on any atom is -0.492 e. The number of nitrogens with zero attached hydrogens (tertiary/aromatic N) is 2. The molecule has 44 heavy (non-hydrogen) atoms. The maximum absolute atomic E-state index is 13.5. The maximum atomic E-state index is 13.5. The zero-order valence-corrected chi connectivity index (χ0v) is 25.1. The minimum absolute atomic E-state index is 0.0373. The molecule has 5 aromatic rings. The topological polar surface area (TPSA) is 170 Å². The fourth-order valence-electron chi connectivity index (χ4n) is 4.86. The van der Waals surface area contributed by atoms with Gasteiger partial charge in [0.05, 0.1) is 28.3 Å². The lowest BCUT2D eigenvalue weighted by Crippen LogP contribution is -2.22. The molecular weight excluding hydrogens is 608 g/mol. The van der Waals surface area contributed by atoms with Gasteiger partial charge in [0, 0.05) is 22.1 Å². The first kappa shape index (κ1) is 30.8. The molecule has 0 aliphatic rings. The predicted octanol–water partition coefficient (Wildman–Crippen LogP) is 4.74. The summed E-state index contributed by atoms with van der Waals surface area (Å²) < 4.78 is 73.9. The van der Waals surface area contributed by atoms with Crippen LogP contribution in [0.4, 0.5) is 0 Å². The van der Waals surface area contributed by atoms with E-state index in [4.69, 9.17) is 4.74 Å². The van der Waals surface area contributed by atoms with Crippen molar-refractivity contribution in [2.45, 2.75) is 30.1 Å². The van der Waals surface area contributed by atoms with Crippen LogP contribution >= 0.6 is 0 Å². The number of ketones is 1. The van der Waals surface area contributed by atoms with Crippen molar-refractivity contribution in [1.82, 2.24) is 9.78 Å². The summed E-state index contributed by atoms with van der Waals surface area (Å²) in [4.78, 5) is 25.9. The number of aromatic nitrogens is 2. The second kappa shape index (κ2) is 11.8. The molecule has 0 saturated carbocycles. The summed E-state index contributed by atoms with van der Waals surface area (Å²) in [6.07, 6.45) is 0.335. The number of carbonyl (C=O) groups excluding carboxylic acids is 1. The summed E-state index contributed by atoms with van der Waals surface area (Å²) in [5.74, 6) is -0.541. The molecule has 1 aromatic heterocycles. The van der Waals surface area contributed by atoms with E-state index in [1.807, 2.05) is 0 Å². The monoisotopic (exact) mass is 634 g/mol. The predicted molar refractivity (Wildman–Crippen MR) is 163 cm³/mol. The van der Waals surface area contributed by atoms with Crippen LogP contribution in [-0.4, -0.2) is 48.1 Å². The van der Waals surface area contributed by atoms with E-state index < -0.39 is 36.5 Å². The highest BCUT2D eigenvalue weighted by atomic mass is 32.2. The molecule has 13 heteroatoms. The fourth-order valence-corrected chi connectivity index (χ4v) is 6.33. The number of hydrogen-bond donors (Lipinski definition) is 2. The molecule has 0 fully saturated rings. The number of rotatable bonds is 9. The van der Waals surface area contributed by atoms with Crippen LogP contribution in [0, 0.1) is 0 Å². The zero-order chi connectivity index (χ0) is 31.8. The van der Waals surface area contributed by atoms with Crippen molar-refractivity contribution >= 4 is 36.8 Å². The fraction of sp³-hybridized carbons (Fsp3) is 0.129. The van der Waals surface area contributed by atoms with Gasteiger partial charge in [0.1, 0.15) is 10.6 Å². The average Bonchev–Trinajstić information content (AvgIpc) is 3.00. The van der Waals surface area contributed by atoms with Gasteiger partial charge in [-0.1, -0.05) is 37.3 Å². The van der Waals surface area contributed by atoms with Crippen molar-refractivity contribution < 1.29 is 35.5 Å². The van der Waals surface area contributed by atoms with Gasteiger partial charge in [-0.2, -0.15) is 26.6 Å². The average molecular weight is 635 g/mol. The van der Waals surface area contributed by atoms with Gasteiger partial charge < -0.3 is 4.74 Å². The van der Waals surface area contributed by atoms with Gasteiger partial charge in [0.2, 0.25) is 0 Å². The Morgan fingerprint density at radius 2 is 1.43 bits per heavy atom. The van der Waals surface area contributed by atoms with E-state index in [0.29, 0.717) is 28.6 Å². The molecule has 0 amide bonds. The zero-order valence-electron chi connectivity index (χ0n) is 23.5. The van der Waals surface area contributed by atoms with Crippen molar-refractivity contribution in [2.75, 3.05) is 6.61 Å². The number of ether oxygens (including phenoxy) is 1. The third-order valence-corrected chi connectivity index (χ3v) is 8.77. The normalized spacial score (nSPS) is 11.9. The van der Waals surface area contributed by atoms with Gasteiger partial charge in [-0.05, 0) is 73.5 Å². The van der Waals surface area contributed by atoms with Crippen LogP contribution < -0.4 is 10.3 Å². The van der Waals surface area contributed by atoms with Crippen LogP contribution in [0.3, 0.4) is 0 Å². The smallest absolute Gasteiger partial charge is 0.298 e. The number of fused-ring (bicyclic) bond motifs is 1. The molecular formula is C31H26N2O9S2. The van der Waals surface area contributed by atoms with E-state index >= 15 is 0 Å². The standard InChI is InChI=1S/C31H26N2O9S2/c1-3-19-9-10-22(18-27(19)43(36,37)38)30(34)20-11-14-23(15-12-20)33-31(35)25-8-6-5-7-24(25)29(32-33)21-13-16-26(42-4-2)28(17-21)44(39,40)41/h5-18H,3-4H2,1-2H3,(H,36,37,38)(H,39,40,41). The summed E-state index contributed by atoms with van der Waals surface area (Å²) >= 11 is 0. The Kier molecular flexibility index (Phi) is 8.23. The molecule has 226 valence electrons. The lowest BCUT2D eigenvalue weighted by Gasteiger charge is -2.14. The van der Waals surface area contributed by atoms with E-state index in [1.54, 1.807) is 44.2 Å². The lowest BCUT2D eigenvalue weighted by molar-refractivity contribution is 0.103. The summed E-state index contributed by atoms with van der Waals surface area (Å²) in [5.41, 5.74) is 0.976. The van der Waals surface area contributed by atoms with Gasteiger partial charge in [-0.3, -0.25) is 18.7 Å². The Balaban J connectivity index is 1.61. The Morgan fingerprint density at radius 1 is 0.795 bits per heavy atom. The van der Waals surface area contributed by atoms with Gasteiger partial charge in [0.15, 0.2) is 5.78 Å². The van der Waals surface area contributed by atoms with Crippen LogP contribution in [0.1, 0.15) is 35.3 Å². The van der Waals surface area contributed by atoms with Crippen molar-refractivity contribution in [3.63, 3.8) is 0 Å². The molecule has 11 nitrogen and oxygen atoms in total. The number of carbonyl (C=O) groups is 1. The Hall–Kier alpha value is -4.69. The first-order valence-electron chi connectivity index (χ1n) is 13.4. The maximum Gasteiger partial charge on any atom is 0.298 e. The van der Waals surface area contributed by atoms with Crippen LogP contribution in [0.5, 0.6) is 5.75 Å². The van der Waals surface area contributed by atoms with Gasteiger partial charge >= 0.3 is 0 Å². The number of benzene rings is 4. The van der Waals surface area contributed by atoms with Crippen molar-refractivity contribution in [3.8, 4) is 22.7 Å². The van der Waals surface area contributed by atoms with Crippen LogP contribution in [0.25, 0.3) is 27.7 Å². The molecule has 0 bridgehead atoms. The Labute approximate surface area is 252 Å². The molecule has 0 radical (unpaired) electrons. The summed E-state index contributed by atoms with van der Waals surface area (Å²) in [5, 5.41) is 5.26. The van der Waals surface area contributed by atoms with Crippen LogP contribution in [0.15, 0.2) is 99.5 Å². The van der Waals surface area contributed by atoms with Crippen LogP contribution in [-0.2, 0) is 26.7 Å². The molecule has 2 N–H and O–H groups in total. The van der Waals surface area contributed by atoms with Crippen molar-refractivity contribution in [1.29, 1.82) is 0 Å². The molecule has 0 saturated heterocycles. The molecule has 1 heterocycles. The van der Waals surface area contributed by atoms with Gasteiger partial charge in [-0.25, -0.2) is 0 Å². The molecule has 0 aliphatic heterocycles. The molecule has 0 unspecified atom stereocenters. The molecule has 4 aromatic carbocycles. The Morgan fingerprint density at radius 3 is 2.05 bits per heavy atom. The summed E-state index contributed by atoms with van der Waals surface area (Å²) in [6.45, 7) is 3.56. The highest BCUT2D eigenvalue weighted by Crippen LogP contribution is 2.32. The first-order valence-corrected chi connectivity index (χ1v) is 16.2. The quantitative estimate of drug-likeness (QED) is 0.171. The van der Waals surface area contributed by atoms with Crippen molar-refractivity contribution in [2.24, 2.45) is 0 Å². The van der Waals surface area contributed by atoms with E-state index in [0.717, 1.165) is 10.7 Å². The van der Waals surface area contributed by atoms with E-state index in [-0.39, 0.29) is 39.5 Å². The van der Waals surface area contributed by atoms with Gasteiger partial charge in [-0.15, -0.1) is 0 Å². The molecule has 0 spiro atoms. The van der Waals surface area contributed by atoms with Crippen LogP contribution in [0.2, 0.25) is 0 Å². The number of hydrogen-bond acceptors (Lipinski definition) is 8. The molecule has 0 atom stereocenters. The highest BCUT2D eigenvalue weighted by molar-refractivity contribution is 7.86. The van der Waals surface area contributed by atoms with E-state index in [9.17, 15) is 35.5 Å². The van der Waals surface area contributed by atoms with Gasteiger partial charge in [0.25, 0.3) is 25.8 Å². The first-order chi connectivity index (χ1) is 20.8. The second-order valence-corrected chi connectivity index (χ2v) is 12.5. The van der Waals surface area contributed by atoms with Crippen molar-refractivity contribution in [3.05, 3.63) is 112 Å². The summed E-state index contributed by atoms with van der Waals surface area (Å²) in [6, 6.07) is 20.8. The molecule has 5 rings (SSSR count). The molecule has 0 aliphatic carbocycles. The SMILES string of the molecule is CCOc1ccc(-c2nn(-c3ccc(C(=O)c4ccc(CC)c(S(=O)(=O)O)c4)cc3)c(=O)c3ccccc23)cc1S(=O)(=O)O.